The van der Waals surface area contributed by atoms with Gasteiger partial charge in [-0.25, -0.2) is 0 Å². The summed E-state index contributed by atoms with van der Waals surface area (Å²) in [6.07, 6.45) is 3.51. The van der Waals surface area contributed by atoms with Crippen LogP contribution >= 0.6 is 0 Å². The highest BCUT2D eigenvalue weighted by Crippen LogP contribution is 2.16. The second kappa shape index (κ2) is 5.99. The van der Waals surface area contributed by atoms with Gasteiger partial charge in [0.15, 0.2) is 0 Å². The third-order valence-corrected chi connectivity index (χ3v) is 3.08. The van der Waals surface area contributed by atoms with E-state index < -0.39 is 0 Å². The lowest BCUT2D eigenvalue weighted by molar-refractivity contribution is -0.0773. The first kappa shape index (κ1) is 12.3. The SMILES string of the molecule is C=CCC1CN(Cc2ccccc2)CC(C)O1. The molecular weight excluding hydrogens is 210 g/mol. The zero-order valence-electron chi connectivity index (χ0n) is 10.5. The molecule has 2 nitrogen and oxygen atoms in total. The first-order valence-corrected chi connectivity index (χ1v) is 6.30. The molecule has 0 aliphatic carbocycles. The Morgan fingerprint density at radius 3 is 2.82 bits per heavy atom. The Bertz CT molecular complexity index is 349. The summed E-state index contributed by atoms with van der Waals surface area (Å²) >= 11 is 0. The lowest BCUT2D eigenvalue weighted by Gasteiger charge is -2.36. The third-order valence-electron chi connectivity index (χ3n) is 3.08. The maximum atomic E-state index is 5.88. The van der Waals surface area contributed by atoms with Gasteiger partial charge in [0.05, 0.1) is 12.2 Å². The smallest absolute Gasteiger partial charge is 0.0740 e. The van der Waals surface area contributed by atoms with Crippen LogP contribution < -0.4 is 0 Å². The molecule has 0 aromatic heterocycles. The van der Waals surface area contributed by atoms with Gasteiger partial charge in [0.25, 0.3) is 0 Å². The lowest BCUT2D eigenvalue weighted by atomic mass is 10.1. The maximum absolute atomic E-state index is 5.88. The zero-order chi connectivity index (χ0) is 12.1. The molecule has 17 heavy (non-hydrogen) atoms. The summed E-state index contributed by atoms with van der Waals surface area (Å²) in [6.45, 7) is 8.97. The van der Waals surface area contributed by atoms with Crippen LogP contribution in [0.2, 0.25) is 0 Å². The fraction of sp³-hybridized carbons (Fsp3) is 0.467. The van der Waals surface area contributed by atoms with E-state index in [9.17, 15) is 0 Å². The minimum absolute atomic E-state index is 0.306. The molecule has 1 aromatic carbocycles. The van der Waals surface area contributed by atoms with Crippen molar-refractivity contribution in [2.45, 2.75) is 32.1 Å². The zero-order valence-corrected chi connectivity index (χ0v) is 10.5. The minimum Gasteiger partial charge on any atom is -0.372 e. The van der Waals surface area contributed by atoms with E-state index in [0.29, 0.717) is 12.2 Å². The van der Waals surface area contributed by atoms with Crippen molar-refractivity contribution in [1.82, 2.24) is 4.90 Å². The third kappa shape index (κ3) is 3.69. The van der Waals surface area contributed by atoms with E-state index in [4.69, 9.17) is 4.74 Å². The second-order valence-electron chi connectivity index (χ2n) is 4.77. The molecule has 92 valence electrons. The first-order valence-electron chi connectivity index (χ1n) is 6.30. The Morgan fingerprint density at radius 1 is 1.35 bits per heavy atom. The van der Waals surface area contributed by atoms with Gasteiger partial charge in [-0.1, -0.05) is 36.4 Å². The highest BCUT2D eigenvalue weighted by molar-refractivity contribution is 5.14. The molecule has 1 saturated heterocycles. The van der Waals surface area contributed by atoms with Crippen LogP contribution in [0.15, 0.2) is 43.0 Å². The molecule has 0 bridgehead atoms. The van der Waals surface area contributed by atoms with E-state index in [1.165, 1.54) is 5.56 Å². The van der Waals surface area contributed by atoms with Crippen LogP contribution in [0.25, 0.3) is 0 Å². The molecule has 2 atom stereocenters. The number of hydrogen-bond acceptors (Lipinski definition) is 2. The molecule has 0 amide bonds. The quantitative estimate of drug-likeness (QED) is 0.739. The van der Waals surface area contributed by atoms with Crippen molar-refractivity contribution in [3.63, 3.8) is 0 Å². The van der Waals surface area contributed by atoms with Gasteiger partial charge in [-0.2, -0.15) is 0 Å². The standard InChI is InChI=1S/C15H21NO/c1-3-7-15-12-16(10-13(2)17-15)11-14-8-5-4-6-9-14/h3-6,8-9,13,15H,1,7,10-12H2,2H3. The summed E-state index contributed by atoms with van der Waals surface area (Å²) in [6, 6.07) is 10.6. The normalized spacial score (nSPS) is 25.7. The van der Waals surface area contributed by atoms with Crippen molar-refractivity contribution in [3.05, 3.63) is 48.6 Å². The fourth-order valence-corrected chi connectivity index (χ4v) is 2.43. The van der Waals surface area contributed by atoms with Crippen molar-refractivity contribution in [2.75, 3.05) is 13.1 Å². The van der Waals surface area contributed by atoms with Gasteiger partial charge < -0.3 is 4.74 Å². The Morgan fingerprint density at radius 2 is 2.12 bits per heavy atom. The Hall–Kier alpha value is -1.12. The summed E-state index contributed by atoms with van der Waals surface area (Å²) in [5, 5.41) is 0. The summed E-state index contributed by atoms with van der Waals surface area (Å²) in [5.41, 5.74) is 1.37. The molecule has 0 radical (unpaired) electrons. The largest absolute Gasteiger partial charge is 0.372 e. The first-order chi connectivity index (χ1) is 8.28. The molecule has 1 aromatic rings. The fourth-order valence-electron chi connectivity index (χ4n) is 2.43. The molecule has 0 saturated carbocycles. The molecule has 1 heterocycles. The van der Waals surface area contributed by atoms with Crippen LogP contribution in [-0.2, 0) is 11.3 Å². The predicted molar refractivity (Wildman–Crippen MR) is 70.9 cm³/mol. The molecule has 1 aliphatic rings. The Balaban J connectivity index is 1.94. The summed E-state index contributed by atoms with van der Waals surface area (Å²) in [7, 11) is 0. The number of benzene rings is 1. The van der Waals surface area contributed by atoms with Crippen LogP contribution in [0.5, 0.6) is 0 Å². The molecule has 1 fully saturated rings. The van der Waals surface area contributed by atoms with Gasteiger partial charge in [-0.05, 0) is 18.9 Å². The average molecular weight is 231 g/mol. The van der Waals surface area contributed by atoms with Crippen LogP contribution in [0.1, 0.15) is 18.9 Å². The molecule has 0 spiro atoms. The van der Waals surface area contributed by atoms with Gasteiger partial charge in [-0.3, -0.25) is 4.90 Å². The van der Waals surface area contributed by atoms with Crippen molar-refractivity contribution < 1.29 is 4.74 Å². The molecule has 2 rings (SSSR count). The highest BCUT2D eigenvalue weighted by atomic mass is 16.5. The van der Waals surface area contributed by atoms with E-state index >= 15 is 0 Å². The molecule has 2 unspecified atom stereocenters. The van der Waals surface area contributed by atoms with Gasteiger partial charge in [0, 0.05) is 19.6 Å². The summed E-state index contributed by atoms with van der Waals surface area (Å²) in [5.74, 6) is 0. The van der Waals surface area contributed by atoms with Gasteiger partial charge in [0.1, 0.15) is 0 Å². The van der Waals surface area contributed by atoms with Crippen LogP contribution in [0.3, 0.4) is 0 Å². The van der Waals surface area contributed by atoms with Crippen molar-refractivity contribution in [3.8, 4) is 0 Å². The topological polar surface area (TPSA) is 12.5 Å². The van der Waals surface area contributed by atoms with Crippen LogP contribution in [0.4, 0.5) is 0 Å². The maximum Gasteiger partial charge on any atom is 0.0740 e. The molecule has 1 aliphatic heterocycles. The van der Waals surface area contributed by atoms with Gasteiger partial charge >= 0.3 is 0 Å². The number of nitrogens with zero attached hydrogens (tertiary/aromatic N) is 1. The number of rotatable bonds is 4. The Kier molecular flexibility index (Phi) is 4.35. The molecular formula is C15H21NO. The van der Waals surface area contributed by atoms with Crippen molar-refractivity contribution in [2.24, 2.45) is 0 Å². The van der Waals surface area contributed by atoms with E-state index in [1.54, 1.807) is 0 Å². The number of ether oxygens (including phenoxy) is 1. The summed E-state index contributed by atoms with van der Waals surface area (Å²) < 4.78 is 5.88. The second-order valence-corrected chi connectivity index (χ2v) is 4.77. The van der Waals surface area contributed by atoms with Crippen molar-refractivity contribution >= 4 is 0 Å². The minimum atomic E-state index is 0.306. The Labute approximate surface area is 104 Å². The molecule has 2 heteroatoms. The molecule has 0 N–H and O–H groups in total. The van der Waals surface area contributed by atoms with Crippen molar-refractivity contribution in [1.29, 1.82) is 0 Å². The number of hydrogen-bond donors (Lipinski definition) is 0. The van der Waals surface area contributed by atoms with Gasteiger partial charge in [0.2, 0.25) is 0 Å². The monoisotopic (exact) mass is 231 g/mol. The highest BCUT2D eigenvalue weighted by Gasteiger charge is 2.24. The average Bonchev–Trinajstić information content (AvgIpc) is 2.30. The van der Waals surface area contributed by atoms with E-state index in [0.717, 1.165) is 26.1 Å². The number of morpholine rings is 1. The lowest BCUT2D eigenvalue weighted by Crippen LogP contribution is -2.45. The van der Waals surface area contributed by atoms with Crippen LogP contribution in [0, 0.1) is 0 Å². The van der Waals surface area contributed by atoms with E-state index in [2.05, 4.69) is 48.7 Å². The van der Waals surface area contributed by atoms with E-state index in [1.807, 2.05) is 6.08 Å². The predicted octanol–water partition coefficient (Wildman–Crippen LogP) is 2.85. The van der Waals surface area contributed by atoms with E-state index in [-0.39, 0.29) is 0 Å². The van der Waals surface area contributed by atoms with Crippen LogP contribution in [-0.4, -0.2) is 30.2 Å². The summed E-state index contributed by atoms with van der Waals surface area (Å²) in [4.78, 5) is 2.47. The van der Waals surface area contributed by atoms with Gasteiger partial charge in [-0.15, -0.1) is 6.58 Å².